The summed E-state index contributed by atoms with van der Waals surface area (Å²) in [5.41, 5.74) is 0. The van der Waals surface area contributed by atoms with Crippen LogP contribution in [0.3, 0.4) is 0 Å². The van der Waals surface area contributed by atoms with Crippen molar-refractivity contribution in [2.24, 2.45) is 0 Å². The molecule has 2 aromatic rings. The molecular weight excluding hydrogens is 391 g/mol. The highest BCUT2D eigenvalue weighted by atomic mass is 35.5. The molecule has 2 rings (SSSR count). The number of aliphatic carboxylic acids is 1. The SMILES string of the molecule is CCS(=O)(=O)c1ccc(Sc2cc(F)ccc2OCC(=O)O)c(Cl)c1. The summed E-state index contributed by atoms with van der Waals surface area (Å²) < 4.78 is 42.4. The molecule has 1 N–H and O–H groups in total. The minimum absolute atomic E-state index is 0.0487. The summed E-state index contributed by atoms with van der Waals surface area (Å²) in [5.74, 6) is -1.54. The maximum absolute atomic E-state index is 13.5. The first-order valence-corrected chi connectivity index (χ1v) is 9.92. The van der Waals surface area contributed by atoms with Gasteiger partial charge >= 0.3 is 5.97 Å². The molecule has 5 nitrogen and oxygen atoms in total. The van der Waals surface area contributed by atoms with Gasteiger partial charge in [0.25, 0.3) is 0 Å². The Balaban J connectivity index is 2.33. The molecule has 0 aliphatic carbocycles. The highest BCUT2D eigenvalue weighted by molar-refractivity contribution is 7.99. The molecule has 0 heterocycles. The third-order valence-corrected chi connectivity index (χ3v) is 6.39. The molecule has 0 aromatic heterocycles. The number of hydrogen-bond acceptors (Lipinski definition) is 5. The molecule has 134 valence electrons. The van der Waals surface area contributed by atoms with Crippen LogP contribution in [0, 0.1) is 5.82 Å². The summed E-state index contributed by atoms with van der Waals surface area (Å²) in [4.78, 5) is 11.6. The van der Waals surface area contributed by atoms with Crippen molar-refractivity contribution < 1.29 is 27.4 Å². The standard InChI is InChI=1S/C16H14ClFO5S2/c1-2-25(21,22)11-4-6-14(12(17)8-11)24-15-7-10(18)3-5-13(15)23-9-16(19)20/h3-8H,2,9H2,1H3,(H,19,20). The van der Waals surface area contributed by atoms with Crippen molar-refractivity contribution in [3.63, 3.8) is 0 Å². The Morgan fingerprint density at radius 2 is 1.96 bits per heavy atom. The first-order valence-electron chi connectivity index (χ1n) is 7.07. The molecule has 0 aliphatic rings. The van der Waals surface area contributed by atoms with E-state index in [1.165, 1.54) is 37.3 Å². The Bertz CT molecular complexity index is 899. The maximum Gasteiger partial charge on any atom is 0.341 e. The van der Waals surface area contributed by atoms with E-state index in [1.54, 1.807) is 0 Å². The largest absolute Gasteiger partial charge is 0.481 e. The molecule has 2 aromatic carbocycles. The Morgan fingerprint density at radius 1 is 1.24 bits per heavy atom. The highest BCUT2D eigenvalue weighted by Crippen LogP contribution is 2.39. The molecule has 0 radical (unpaired) electrons. The van der Waals surface area contributed by atoms with Gasteiger partial charge in [0, 0.05) is 4.90 Å². The average molecular weight is 405 g/mol. The summed E-state index contributed by atoms with van der Waals surface area (Å²) in [5, 5.41) is 8.89. The maximum atomic E-state index is 13.5. The van der Waals surface area contributed by atoms with Gasteiger partial charge < -0.3 is 9.84 Å². The van der Waals surface area contributed by atoms with Crippen LogP contribution in [0.4, 0.5) is 4.39 Å². The van der Waals surface area contributed by atoms with E-state index in [0.29, 0.717) is 9.79 Å². The van der Waals surface area contributed by atoms with Gasteiger partial charge in [-0.1, -0.05) is 30.3 Å². The first-order chi connectivity index (χ1) is 11.7. The zero-order valence-electron chi connectivity index (χ0n) is 13.0. The van der Waals surface area contributed by atoms with Crippen LogP contribution < -0.4 is 4.74 Å². The summed E-state index contributed by atoms with van der Waals surface area (Å²) in [6, 6.07) is 7.93. The molecule has 0 atom stereocenters. The summed E-state index contributed by atoms with van der Waals surface area (Å²) in [7, 11) is -3.39. The molecule has 0 spiro atoms. The van der Waals surface area contributed by atoms with E-state index in [4.69, 9.17) is 21.4 Å². The number of sulfone groups is 1. The molecule has 9 heteroatoms. The fourth-order valence-corrected chi connectivity index (χ4v) is 4.06. The Morgan fingerprint density at radius 3 is 2.56 bits per heavy atom. The van der Waals surface area contributed by atoms with Gasteiger partial charge in [0.1, 0.15) is 11.6 Å². The Kier molecular flexibility index (Phi) is 6.31. The minimum atomic E-state index is -3.39. The van der Waals surface area contributed by atoms with Crippen LogP contribution >= 0.6 is 23.4 Å². The van der Waals surface area contributed by atoms with E-state index >= 15 is 0 Å². The number of carbonyl (C=O) groups is 1. The van der Waals surface area contributed by atoms with E-state index in [1.807, 2.05) is 0 Å². The molecule has 25 heavy (non-hydrogen) atoms. The Hall–Kier alpha value is -1.77. The second kappa shape index (κ2) is 8.07. The molecule has 0 fully saturated rings. The molecule has 0 unspecified atom stereocenters. The van der Waals surface area contributed by atoms with Crippen molar-refractivity contribution >= 4 is 39.2 Å². The van der Waals surface area contributed by atoms with Gasteiger partial charge in [-0.05, 0) is 36.4 Å². The van der Waals surface area contributed by atoms with Gasteiger partial charge in [-0.25, -0.2) is 17.6 Å². The van der Waals surface area contributed by atoms with Crippen LogP contribution in [-0.4, -0.2) is 31.9 Å². The van der Waals surface area contributed by atoms with E-state index in [2.05, 4.69) is 0 Å². The van der Waals surface area contributed by atoms with Gasteiger partial charge in [0.05, 0.1) is 20.6 Å². The lowest BCUT2D eigenvalue weighted by atomic mass is 10.3. The molecule has 0 aliphatic heterocycles. The number of carboxylic acid groups (broad SMARTS) is 1. The van der Waals surface area contributed by atoms with Crippen molar-refractivity contribution in [3.8, 4) is 5.75 Å². The monoisotopic (exact) mass is 404 g/mol. The second-order valence-corrected chi connectivity index (χ2v) is 8.64. The summed E-state index contributed by atoms with van der Waals surface area (Å²) in [6.45, 7) is 0.964. The van der Waals surface area contributed by atoms with Crippen LogP contribution in [-0.2, 0) is 14.6 Å². The number of carboxylic acids is 1. The van der Waals surface area contributed by atoms with E-state index in [-0.39, 0.29) is 21.4 Å². The third-order valence-electron chi connectivity index (χ3n) is 3.12. The third kappa shape index (κ3) is 5.10. The van der Waals surface area contributed by atoms with Crippen LogP contribution in [0.2, 0.25) is 5.02 Å². The van der Waals surface area contributed by atoms with Crippen LogP contribution in [0.1, 0.15) is 6.92 Å². The Labute approximate surface area is 153 Å². The quantitative estimate of drug-likeness (QED) is 0.754. The van der Waals surface area contributed by atoms with Gasteiger partial charge in [0.15, 0.2) is 16.4 Å². The minimum Gasteiger partial charge on any atom is -0.481 e. The molecule has 0 amide bonds. The van der Waals surface area contributed by atoms with E-state index in [0.717, 1.165) is 17.8 Å². The zero-order chi connectivity index (χ0) is 18.6. The summed E-state index contributed by atoms with van der Waals surface area (Å²) >= 11 is 7.20. The number of rotatable bonds is 7. The predicted octanol–water partition coefficient (Wildman–Crippen LogP) is 3.89. The van der Waals surface area contributed by atoms with E-state index in [9.17, 15) is 17.6 Å². The predicted molar refractivity (Wildman–Crippen MR) is 92.8 cm³/mol. The zero-order valence-corrected chi connectivity index (χ0v) is 15.4. The lowest BCUT2D eigenvalue weighted by Crippen LogP contribution is -2.09. The van der Waals surface area contributed by atoms with Crippen molar-refractivity contribution in [3.05, 3.63) is 47.2 Å². The van der Waals surface area contributed by atoms with Crippen molar-refractivity contribution in [1.82, 2.24) is 0 Å². The topological polar surface area (TPSA) is 80.7 Å². The van der Waals surface area contributed by atoms with Crippen molar-refractivity contribution in [2.75, 3.05) is 12.4 Å². The van der Waals surface area contributed by atoms with Crippen LogP contribution in [0.15, 0.2) is 51.1 Å². The second-order valence-electron chi connectivity index (χ2n) is 4.87. The number of hydrogen-bond donors (Lipinski definition) is 1. The van der Waals surface area contributed by atoms with Crippen LogP contribution in [0.5, 0.6) is 5.75 Å². The molecule has 0 saturated heterocycles. The molecule has 0 bridgehead atoms. The smallest absolute Gasteiger partial charge is 0.341 e. The normalized spacial score (nSPS) is 11.3. The van der Waals surface area contributed by atoms with Gasteiger partial charge in [-0.2, -0.15) is 0 Å². The van der Waals surface area contributed by atoms with Gasteiger partial charge in [-0.15, -0.1) is 0 Å². The molecular formula is C16H14ClFO5S2. The lowest BCUT2D eigenvalue weighted by Gasteiger charge is -2.11. The van der Waals surface area contributed by atoms with Crippen LogP contribution in [0.25, 0.3) is 0 Å². The lowest BCUT2D eigenvalue weighted by molar-refractivity contribution is -0.139. The number of halogens is 2. The fraction of sp³-hybridized carbons (Fsp3) is 0.188. The van der Waals surface area contributed by atoms with Crippen molar-refractivity contribution in [1.29, 1.82) is 0 Å². The number of ether oxygens (including phenoxy) is 1. The fourth-order valence-electron chi connectivity index (χ4n) is 1.86. The number of benzene rings is 2. The average Bonchev–Trinajstić information content (AvgIpc) is 2.55. The van der Waals surface area contributed by atoms with Gasteiger partial charge in [-0.3, -0.25) is 0 Å². The first kappa shape index (κ1) is 19.6. The summed E-state index contributed by atoms with van der Waals surface area (Å²) in [6.07, 6.45) is 0. The molecule has 0 saturated carbocycles. The van der Waals surface area contributed by atoms with Crippen molar-refractivity contribution in [2.45, 2.75) is 21.6 Å². The van der Waals surface area contributed by atoms with E-state index < -0.39 is 28.2 Å². The highest BCUT2D eigenvalue weighted by Gasteiger charge is 2.16. The van der Waals surface area contributed by atoms with Gasteiger partial charge in [0.2, 0.25) is 0 Å².